The van der Waals surface area contributed by atoms with Gasteiger partial charge >= 0.3 is 6.18 Å². The molecule has 0 radical (unpaired) electrons. The minimum atomic E-state index is -5.02. The molecular weight excluding hydrogens is 399 g/mol. The summed E-state index contributed by atoms with van der Waals surface area (Å²) in [6.07, 6.45) is -2.18. The Morgan fingerprint density at radius 3 is 2.43 bits per heavy atom. The number of fused-ring (bicyclic) bond motifs is 3. The molecule has 1 aromatic heterocycles. The Kier molecular flexibility index (Phi) is 4.05. The number of alkyl halides is 3. The second kappa shape index (κ2) is 6.09. The van der Waals surface area contributed by atoms with Gasteiger partial charge in [-0.3, -0.25) is 9.48 Å². The first-order chi connectivity index (χ1) is 13.9. The van der Waals surface area contributed by atoms with Crippen molar-refractivity contribution in [3.05, 3.63) is 59.9 Å². The summed E-state index contributed by atoms with van der Waals surface area (Å²) < 4.78 is 43.4. The van der Waals surface area contributed by atoms with Crippen LogP contribution in [0, 0.1) is 0 Å². The Hall–Kier alpha value is -3.33. The zero-order valence-corrected chi connectivity index (χ0v) is 16.0. The fourth-order valence-corrected chi connectivity index (χ4v) is 3.78. The molecule has 1 aliphatic rings. The highest BCUT2D eigenvalue weighted by Gasteiger charge is 2.61. The number of nitrogens with zero attached hydrogens (tertiary/aromatic N) is 2. The van der Waals surface area contributed by atoms with Crippen LogP contribution in [0.2, 0.25) is 0 Å². The number of aromatic nitrogens is 2. The van der Waals surface area contributed by atoms with Gasteiger partial charge in [0, 0.05) is 22.9 Å². The Balaban J connectivity index is 2.02. The molecule has 30 heavy (non-hydrogen) atoms. The number of amides is 1. The second-order valence-corrected chi connectivity index (χ2v) is 7.77. The van der Waals surface area contributed by atoms with Crippen molar-refractivity contribution in [2.45, 2.75) is 31.2 Å². The van der Waals surface area contributed by atoms with E-state index >= 15 is 0 Å². The summed E-state index contributed by atoms with van der Waals surface area (Å²) in [5, 5.41) is 25.1. The molecule has 0 unspecified atom stereocenters. The number of carbonyl (C=O) groups is 1. The molecule has 0 saturated heterocycles. The molecule has 1 atom stereocenters. The third-order valence-corrected chi connectivity index (χ3v) is 5.58. The Morgan fingerprint density at radius 2 is 1.80 bits per heavy atom. The smallest absolute Gasteiger partial charge is 0.425 e. The molecule has 156 valence electrons. The van der Waals surface area contributed by atoms with Crippen molar-refractivity contribution in [2.75, 3.05) is 0 Å². The fourth-order valence-electron chi connectivity index (χ4n) is 3.78. The van der Waals surface area contributed by atoms with Crippen LogP contribution in [-0.4, -0.2) is 32.1 Å². The molecule has 1 heterocycles. The molecule has 4 N–H and O–H groups in total. The van der Waals surface area contributed by atoms with Crippen LogP contribution in [0.3, 0.4) is 0 Å². The van der Waals surface area contributed by atoms with Crippen LogP contribution in [-0.2, 0) is 15.9 Å². The van der Waals surface area contributed by atoms with E-state index in [9.17, 15) is 28.2 Å². The van der Waals surface area contributed by atoms with E-state index in [0.717, 1.165) is 6.07 Å². The maximum absolute atomic E-state index is 14.0. The van der Waals surface area contributed by atoms with Crippen molar-refractivity contribution >= 4 is 5.91 Å². The maximum Gasteiger partial charge on any atom is 0.425 e. The van der Waals surface area contributed by atoms with Crippen LogP contribution >= 0.6 is 0 Å². The monoisotopic (exact) mass is 417 g/mol. The van der Waals surface area contributed by atoms with Crippen LogP contribution in [0.5, 0.6) is 5.75 Å². The van der Waals surface area contributed by atoms with Gasteiger partial charge in [0.25, 0.3) is 0 Å². The summed E-state index contributed by atoms with van der Waals surface area (Å²) in [6.45, 7) is 3.10. The number of phenolic OH excluding ortho intramolecular Hbond substituents is 1. The molecule has 0 spiro atoms. The quantitative estimate of drug-likeness (QED) is 0.609. The van der Waals surface area contributed by atoms with E-state index < -0.39 is 34.5 Å². The van der Waals surface area contributed by atoms with E-state index in [1.54, 1.807) is 19.9 Å². The normalized spacial score (nSPS) is 18.2. The first kappa shape index (κ1) is 20.0. The number of halogens is 3. The van der Waals surface area contributed by atoms with Gasteiger partial charge in [0.1, 0.15) is 11.3 Å². The summed E-state index contributed by atoms with van der Waals surface area (Å²) >= 11 is 0. The van der Waals surface area contributed by atoms with Crippen LogP contribution in [0.1, 0.15) is 25.0 Å². The number of hydrogen-bond donors (Lipinski definition) is 3. The summed E-state index contributed by atoms with van der Waals surface area (Å²) in [5.74, 6) is -1.09. The van der Waals surface area contributed by atoms with Gasteiger partial charge in [-0.15, -0.1) is 0 Å². The molecule has 0 aliphatic heterocycles. The number of phenols is 1. The van der Waals surface area contributed by atoms with Crippen LogP contribution in [0.4, 0.5) is 13.2 Å². The lowest BCUT2D eigenvalue weighted by molar-refractivity contribution is -0.246. The number of hydrogen-bond acceptors (Lipinski definition) is 4. The Morgan fingerprint density at radius 1 is 1.13 bits per heavy atom. The van der Waals surface area contributed by atoms with Crippen molar-refractivity contribution in [3.8, 4) is 28.0 Å². The van der Waals surface area contributed by atoms with Gasteiger partial charge in [-0.1, -0.05) is 24.3 Å². The van der Waals surface area contributed by atoms with Gasteiger partial charge in [0.2, 0.25) is 11.5 Å². The van der Waals surface area contributed by atoms with Crippen molar-refractivity contribution in [3.63, 3.8) is 0 Å². The molecule has 1 aliphatic carbocycles. The van der Waals surface area contributed by atoms with Crippen LogP contribution in [0.25, 0.3) is 22.3 Å². The van der Waals surface area contributed by atoms with Gasteiger partial charge in [0.05, 0.1) is 6.20 Å². The van der Waals surface area contributed by atoms with E-state index in [2.05, 4.69) is 5.10 Å². The maximum atomic E-state index is 14.0. The molecule has 3 aromatic rings. The SMILES string of the molecule is CC(C)(C(N)=O)n1cc(-c2cc(O)cc3c2-c2ccccc2[C@]3(O)C(F)(F)F)cn1. The number of aliphatic hydroxyl groups is 1. The zero-order chi connectivity index (χ0) is 22.1. The predicted molar refractivity (Wildman–Crippen MR) is 102 cm³/mol. The fraction of sp³-hybridized carbons (Fsp3) is 0.238. The highest BCUT2D eigenvalue weighted by molar-refractivity contribution is 5.93. The lowest BCUT2D eigenvalue weighted by Crippen LogP contribution is -2.41. The first-order valence-electron chi connectivity index (χ1n) is 9.01. The number of primary amides is 1. The summed E-state index contributed by atoms with van der Waals surface area (Å²) in [5.41, 5.74) is 1.12. The Bertz CT molecular complexity index is 1180. The number of aromatic hydroxyl groups is 1. The highest BCUT2D eigenvalue weighted by atomic mass is 19.4. The largest absolute Gasteiger partial charge is 0.508 e. The van der Waals surface area contributed by atoms with Crippen molar-refractivity contribution < 1.29 is 28.2 Å². The molecule has 0 fully saturated rings. The highest BCUT2D eigenvalue weighted by Crippen LogP contribution is 2.57. The second-order valence-electron chi connectivity index (χ2n) is 7.77. The zero-order valence-electron chi connectivity index (χ0n) is 16.0. The standard InChI is InChI=1S/C21H18F3N3O3/c1-19(2,18(25)29)27-10-11(9-26-27)14-7-12(28)8-16-17(14)13-5-3-4-6-15(13)20(16,30)21(22,23)24/h3-10,28,30H,1-2H3,(H2,25,29)/t20-/m1/s1. The summed E-state index contributed by atoms with van der Waals surface area (Å²) in [7, 11) is 0. The Labute approximate surface area is 169 Å². The summed E-state index contributed by atoms with van der Waals surface area (Å²) in [6, 6.07) is 7.90. The van der Waals surface area contributed by atoms with Crippen molar-refractivity contribution in [2.24, 2.45) is 5.73 Å². The first-order valence-corrected chi connectivity index (χ1v) is 9.01. The molecule has 2 aromatic carbocycles. The van der Waals surface area contributed by atoms with E-state index in [4.69, 9.17) is 5.73 Å². The van der Waals surface area contributed by atoms with E-state index in [0.29, 0.717) is 5.56 Å². The molecule has 0 bridgehead atoms. The van der Waals surface area contributed by atoms with E-state index in [1.165, 1.54) is 41.3 Å². The van der Waals surface area contributed by atoms with Gasteiger partial charge in [-0.25, -0.2) is 0 Å². The topological polar surface area (TPSA) is 101 Å². The van der Waals surface area contributed by atoms with Crippen molar-refractivity contribution in [1.82, 2.24) is 9.78 Å². The minimum absolute atomic E-state index is 0.139. The van der Waals surface area contributed by atoms with Gasteiger partial charge < -0.3 is 15.9 Å². The lowest BCUT2D eigenvalue weighted by Gasteiger charge is -2.28. The average molecular weight is 417 g/mol. The molecule has 9 heteroatoms. The van der Waals surface area contributed by atoms with Crippen molar-refractivity contribution in [1.29, 1.82) is 0 Å². The summed E-state index contributed by atoms with van der Waals surface area (Å²) in [4.78, 5) is 11.7. The number of benzene rings is 2. The lowest BCUT2D eigenvalue weighted by atomic mass is 9.89. The van der Waals surface area contributed by atoms with Gasteiger partial charge in [-0.2, -0.15) is 18.3 Å². The van der Waals surface area contributed by atoms with Crippen LogP contribution < -0.4 is 5.73 Å². The van der Waals surface area contributed by atoms with Crippen LogP contribution in [0.15, 0.2) is 48.8 Å². The van der Waals surface area contributed by atoms with Gasteiger partial charge in [0.15, 0.2) is 0 Å². The van der Waals surface area contributed by atoms with E-state index in [-0.39, 0.29) is 22.3 Å². The molecule has 4 rings (SSSR count). The average Bonchev–Trinajstić information content (AvgIpc) is 3.25. The molecule has 6 nitrogen and oxygen atoms in total. The number of rotatable bonds is 3. The molecule has 0 saturated carbocycles. The predicted octanol–water partition coefficient (Wildman–Crippen LogP) is 3.25. The van der Waals surface area contributed by atoms with E-state index in [1.807, 2.05) is 0 Å². The third-order valence-electron chi connectivity index (χ3n) is 5.58. The molecular formula is C21H18F3N3O3. The minimum Gasteiger partial charge on any atom is -0.508 e. The number of carbonyl (C=O) groups excluding carboxylic acids is 1. The molecule has 1 amide bonds. The third kappa shape index (κ3) is 2.55. The number of nitrogens with two attached hydrogens (primary N) is 1. The van der Waals surface area contributed by atoms with Gasteiger partial charge in [-0.05, 0) is 42.7 Å².